The van der Waals surface area contributed by atoms with Crippen LogP contribution >= 0.6 is 0 Å². The molecule has 0 aromatic carbocycles. The van der Waals surface area contributed by atoms with Crippen molar-refractivity contribution in [3.63, 3.8) is 0 Å². The molecule has 0 aromatic rings. The summed E-state index contributed by atoms with van der Waals surface area (Å²) in [6.07, 6.45) is 1.79. The van der Waals surface area contributed by atoms with Gasteiger partial charge < -0.3 is 14.8 Å². The molecule has 0 aromatic heterocycles. The van der Waals surface area contributed by atoms with E-state index in [0.717, 1.165) is 45.7 Å². The van der Waals surface area contributed by atoms with Gasteiger partial charge in [-0.3, -0.25) is 4.90 Å². The summed E-state index contributed by atoms with van der Waals surface area (Å²) in [5.74, 6) is 0. The van der Waals surface area contributed by atoms with Crippen molar-refractivity contribution in [3.8, 4) is 0 Å². The van der Waals surface area contributed by atoms with Crippen LogP contribution in [0, 0.1) is 0 Å². The van der Waals surface area contributed by atoms with Crippen molar-refractivity contribution >= 4 is 6.09 Å². The Morgan fingerprint density at radius 1 is 1.38 bits per heavy atom. The Hall–Kier alpha value is -0.810. The van der Waals surface area contributed by atoms with Crippen LogP contribution in [0.5, 0.6) is 0 Å². The van der Waals surface area contributed by atoms with E-state index in [9.17, 15) is 4.79 Å². The number of ether oxygens (including phenoxy) is 2. The Kier molecular flexibility index (Phi) is 6.92. The number of unbranched alkanes of at least 4 members (excludes halogenated alkanes) is 1. The minimum Gasteiger partial charge on any atom is -0.450 e. The van der Waals surface area contributed by atoms with Gasteiger partial charge in [-0.1, -0.05) is 0 Å². The van der Waals surface area contributed by atoms with Crippen molar-refractivity contribution in [1.29, 1.82) is 0 Å². The van der Waals surface area contributed by atoms with E-state index in [1.165, 1.54) is 0 Å². The summed E-state index contributed by atoms with van der Waals surface area (Å²) in [5.41, 5.74) is 0. The molecule has 16 heavy (non-hydrogen) atoms. The van der Waals surface area contributed by atoms with Crippen molar-refractivity contribution in [1.82, 2.24) is 10.2 Å². The third-order valence-corrected chi connectivity index (χ3v) is 2.55. The first-order valence-electron chi connectivity index (χ1n) is 6.03. The molecule has 1 aliphatic rings. The van der Waals surface area contributed by atoms with Crippen LogP contribution in [0.3, 0.4) is 0 Å². The SMILES string of the molecule is CCOC(=O)NCCCCN1CCOCC1. The highest BCUT2D eigenvalue weighted by molar-refractivity contribution is 5.66. The fourth-order valence-corrected chi connectivity index (χ4v) is 1.66. The molecule has 1 saturated heterocycles. The Balaban J connectivity index is 1.89. The minimum absolute atomic E-state index is 0.311. The molecule has 94 valence electrons. The van der Waals surface area contributed by atoms with Gasteiger partial charge in [0, 0.05) is 19.6 Å². The molecule has 0 spiro atoms. The number of carbonyl (C=O) groups excluding carboxylic acids is 1. The lowest BCUT2D eigenvalue weighted by Gasteiger charge is -2.26. The smallest absolute Gasteiger partial charge is 0.407 e. The van der Waals surface area contributed by atoms with Crippen molar-refractivity contribution in [2.45, 2.75) is 19.8 Å². The number of rotatable bonds is 6. The first kappa shape index (κ1) is 13.3. The van der Waals surface area contributed by atoms with E-state index in [1.807, 2.05) is 0 Å². The number of nitrogens with one attached hydrogen (secondary N) is 1. The molecular formula is C11H22N2O3. The number of carbonyl (C=O) groups is 1. The van der Waals surface area contributed by atoms with Gasteiger partial charge >= 0.3 is 6.09 Å². The van der Waals surface area contributed by atoms with Gasteiger partial charge in [0.05, 0.1) is 19.8 Å². The van der Waals surface area contributed by atoms with Crippen LogP contribution in [-0.2, 0) is 9.47 Å². The molecule has 0 bridgehead atoms. The lowest BCUT2D eigenvalue weighted by molar-refractivity contribution is 0.0372. The molecule has 1 amide bonds. The molecule has 5 heteroatoms. The molecule has 1 heterocycles. The average Bonchev–Trinajstić information content (AvgIpc) is 2.30. The van der Waals surface area contributed by atoms with Crippen LogP contribution in [0.1, 0.15) is 19.8 Å². The second kappa shape index (κ2) is 8.35. The van der Waals surface area contributed by atoms with Crippen LogP contribution in [0.4, 0.5) is 4.79 Å². The van der Waals surface area contributed by atoms with Crippen LogP contribution in [-0.4, -0.2) is 57.0 Å². The van der Waals surface area contributed by atoms with Gasteiger partial charge in [0.25, 0.3) is 0 Å². The summed E-state index contributed by atoms with van der Waals surface area (Å²) in [6.45, 7) is 7.79. The average molecular weight is 230 g/mol. The summed E-state index contributed by atoms with van der Waals surface area (Å²) in [7, 11) is 0. The molecule has 1 fully saturated rings. The van der Waals surface area contributed by atoms with E-state index < -0.39 is 0 Å². The predicted octanol–water partition coefficient (Wildman–Crippen LogP) is 0.845. The van der Waals surface area contributed by atoms with E-state index in [-0.39, 0.29) is 6.09 Å². The first-order chi connectivity index (χ1) is 7.83. The van der Waals surface area contributed by atoms with E-state index >= 15 is 0 Å². The van der Waals surface area contributed by atoms with E-state index in [4.69, 9.17) is 9.47 Å². The summed E-state index contributed by atoms with van der Waals surface area (Å²) in [5, 5.41) is 2.72. The quantitative estimate of drug-likeness (QED) is 0.687. The predicted molar refractivity (Wildman–Crippen MR) is 61.5 cm³/mol. The molecule has 1 N–H and O–H groups in total. The number of hydrogen-bond donors (Lipinski definition) is 1. The Labute approximate surface area is 97.1 Å². The van der Waals surface area contributed by atoms with Gasteiger partial charge in [-0.15, -0.1) is 0 Å². The number of alkyl carbamates (subject to hydrolysis) is 1. The molecule has 0 aliphatic carbocycles. The van der Waals surface area contributed by atoms with E-state index in [1.54, 1.807) is 6.92 Å². The maximum Gasteiger partial charge on any atom is 0.407 e. The van der Waals surface area contributed by atoms with E-state index in [0.29, 0.717) is 13.2 Å². The van der Waals surface area contributed by atoms with Crippen LogP contribution < -0.4 is 5.32 Å². The molecule has 1 rings (SSSR count). The Morgan fingerprint density at radius 3 is 2.81 bits per heavy atom. The number of amides is 1. The van der Waals surface area contributed by atoms with Crippen LogP contribution in [0.25, 0.3) is 0 Å². The highest BCUT2D eigenvalue weighted by Crippen LogP contribution is 1.99. The molecule has 1 aliphatic heterocycles. The fraction of sp³-hybridized carbons (Fsp3) is 0.909. The molecule has 0 unspecified atom stereocenters. The third kappa shape index (κ3) is 5.92. The Bertz CT molecular complexity index is 194. The van der Waals surface area contributed by atoms with Gasteiger partial charge in [0.15, 0.2) is 0 Å². The lowest BCUT2D eigenvalue weighted by Crippen LogP contribution is -2.37. The Morgan fingerprint density at radius 2 is 2.12 bits per heavy atom. The zero-order valence-electron chi connectivity index (χ0n) is 10.0. The molecule has 0 radical (unpaired) electrons. The molecule has 5 nitrogen and oxygen atoms in total. The summed E-state index contributed by atoms with van der Waals surface area (Å²) < 4.78 is 10.0. The molecule has 0 saturated carbocycles. The second-order valence-corrected chi connectivity index (χ2v) is 3.81. The highest BCUT2D eigenvalue weighted by atomic mass is 16.5. The number of morpholine rings is 1. The zero-order valence-corrected chi connectivity index (χ0v) is 10.0. The monoisotopic (exact) mass is 230 g/mol. The third-order valence-electron chi connectivity index (χ3n) is 2.55. The van der Waals surface area contributed by atoms with Crippen molar-refractivity contribution < 1.29 is 14.3 Å². The van der Waals surface area contributed by atoms with Gasteiger partial charge in [0.1, 0.15) is 0 Å². The normalized spacial score (nSPS) is 17.1. The zero-order chi connectivity index (χ0) is 11.6. The lowest BCUT2D eigenvalue weighted by atomic mass is 10.3. The maximum atomic E-state index is 10.9. The van der Waals surface area contributed by atoms with E-state index in [2.05, 4.69) is 10.2 Å². The minimum atomic E-state index is -0.311. The number of nitrogens with zero attached hydrogens (tertiary/aromatic N) is 1. The summed E-state index contributed by atoms with van der Waals surface area (Å²) in [6, 6.07) is 0. The second-order valence-electron chi connectivity index (χ2n) is 3.81. The van der Waals surface area contributed by atoms with Crippen molar-refractivity contribution in [2.75, 3.05) is 46.0 Å². The first-order valence-corrected chi connectivity index (χ1v) is 6.03. The summed E-state index contributed by atoms with van der Waals surface area (Å²) >= 11 is 0. The number of hydrogen-bond acceptors (Lipinski definition) is 4. The fourth-order valence-electron chi connectivity index (χ4n) is 1.66. The van der Waals surface area contributed by atoms with Crippen LogP contribution in [0.15, 0.2) is 0 Å². The van der Waals surface area contributed by atoms with Crippen molar-refractivity contribution in [3.05, 3.63) is 0 Å². The molecular weight excluding hydrogens is 208 g/mol. The van der Waals surface area contributed by atoms with Crippen molar-refractivity contribution in [2.24, 2.45) is 0 Å². The highest BCUT2D eigenvalue weighted by Gasteiger charge is 2.09. The molecule has 0 atom stereocenters. The topological polar surface area (TPSA) is 50.8 Å². The van der Waals surface area contributed by atoms with Crippen LogP contribution in [0.2, 0.25) is 0 Å². The van der Waals surface area contributed by atoms with Gasteiger partial charge in [-0.05, 0) is 26.3 Å². The van der Waals surface area contributed by atoms with Gasteiger partial charge in [-0.25, -0.2) is 4.79 Å². The van der Waals surface area contributed by atoms with Gasteiger partial charge in [-0.2, -0.15) is 0 Å². The maximum absolute atomic E-state index is 10.9. The van der Waals surface area contributed by atoms with Gasteiger partial charge in [0.2, 0.25) is 0 Å². The largest absolute Gasteiger partial charge is 0.450 e. The standard InChI is InChI=1S/C11H22N2O3/c1-2-16-11(14)12-5-3-4-6-13-7-9-15-10-8-13/h2-10H2,1H3,(H,12,14). The summed E-state index contributed by atoms with van der Waals surface area (Å²) in [4.78, 5) is 13.3.